The topological polar surface area (TPSA) is 143 Å². The SMILES string of the molecule is Cc1ccccc1S(=O)(=O)N(C(=O)OCc1ccccc1)[C@@H](Cc1ccc(O)cc1)C(=O)C1CNCCN1C(=O)OC(C)(C)C. The molecule has 2 atom stereocenters. The van der Waals surface area contributed by atoms with Crippen LogP contribution in [0.1, 0.15) is 37.5 Å². The first-order chi connectivity index (χ1) is 21.3. The van der Waals surface area contributed by atoms with Crippen LogP contribution in [0.25, 0.3) is 0 Å². The quantitative estimate of drug-likeness (QED) is 0.349. The predicted octanol–water partition coefficient (Wildman–Crippen LogP) is 4.42. The third-order valence-corrected chi connectivity index (χ3v) is 9.13. The van der Waals surface area contributed by atoms with E-state index in [1.165, 1.54) is 41.3 Å². The van der Waals surface area contributed by atoms with E-state index in [1.54, 1.807) is 70.2 Å². The third kappa shape index (κ3) is 8.40. The van der Waals surface area contributed by atoms with Crippen LogP contribution >= 0.6 is 0 Å². The number of rotatable bonds is 9. The molecule has 1 aliphatic rings. The standard InChI is InChI=1S/C33H39N3O8S/c1-23-10-8-9-13-29(23)45(41,42)36(32(40)43-22-25-11-6-5-7-12-25)27(20-24-14-16-26(37)17-15-24)30(38)28-21-34-18-19-35(28)31(39)44-33(2,3)4/h5-17,27-28,34,37H,18-22H2,1-4H3/t27-,28?/m0/s1. The zero-order valence-electron chi connectivity index (χ0n) is 25.8. The average molecular weight is 638 g/mol. The Morgan fingerprint density at radius 2 is 1.62 bits per heavy atom. The lowest BCUT2D eigenvalue weighted by molar-refractivity contribution is -0.128. The Morgan fingerprint density at radius 1 is 0.978 bits per heavy atom. The smallest absolute Gasteiger partial charge is 0.424 e. The van der Waals surface area contributed by atoms with Crippen molar-refractivity contribution >= 4 is 28.0 Å². The van der Waals surface area contributed by atoms with E-state index in [-0.39, 0.29) is 36.8 Å². The highest BCUT2D eigenvalue weighted by Gasteiger charge is 2.46. The molecule has 1 fully saturated rings. The third-order valence-electron chi connectivity index (χ3n) is 7.19. The van der Waals surface area contributed by atoms with E-state index in [0.717, 1.165) is 0 Å². The number of nitrogens with one attached hydrogen (secondary N) is 1. The number of hydrogen-bond donors (Lipinski definition) is 2. The van der Waals surface area contributed by atoms with E-state index in [2.05, 4.69) is 5.32 Å². The van der Waals surface area contributed by atoms with Gasteiger partial charge in [-0.05, 0) is 62.6 Å². The predicted molar refractivity (Wildman–Crippen MR) is 167 cm³/mol. The molecule has 240 valence electrons. The fourth-order valence-corrected chi connectivity index (χ4v) is 6.70. The largest absolute Gasteiger partial charge is 0.508 e. The molecule has 1 heterocycles. The molecule has 2 N–H and O–H groups in total. The number of piperazine rings is 1. The number of carbonyl (C=O) groups excluding carboxylic acids is 3. The summed E-state index contributed by atoms with van der Waals surface area (Å²) in [6.45, 7) is 6.99. The number of ketones is 1. The van der Waals surface area contributed by atoms with Crippen molar-refractivity contribution in [3.8, 4) is 5.75 Å². The number of nitrogens with zero attached hydrogens (tertiary/aromatic N) is 2. The summed E-state index contributed by atoms with van der Waals surface area (Å²) in [4.78, 5) is 42.9. The molecule has 0 spiro atoms. The van der Waals surface area contributed by atoms with Crippen LogP contribution in [0.3, 0.4) is 0 Å². The highest BCUT2D eigenvalue weighted by molar-refractivity contribution is 7.89. The van der Waals surface area contributed by atoms with Crippen molar-refractivity contribution in [2.24, 2.45) is 0 Å². The number of benzene rings is 3. The van der Waals surface area contributed by atoms with Crippen molar-refractivity contribution in [1.82, 2.24) is 14.5 Å². The normalized spacial score (nSPS) is 16.0. The Labute approximate surface area is 263 Å². The van der Waals surface area contributed by atoms with Crippen molar-refractivity contribution in [3.05, 3.63) is 95.6 Å². The highest BCUT2D eigenvalue weighted by atomic mass is 32.2. The Hall–Kier alpha value is -4.42. The van der Waals surface area contributed by atoms with E-state index < -0.39 is 45.7 Å². The fourth-order valence-electron chi connectivity index (χ4n) is 5.00. The van der Waals surface area contributed by atoms with Gasteiger partial charge in [0.25, 0.3) is 10.0 Å². The molecule has 3 aromatic rings. The van der Waals surface area contributed by atoms with Gasteiger partial charge in [-0.15, -0.1) is 0 Å². The van der Waals surface area contributed by atoms with Gasteiger partial charge in [-0.3, -0.25) is 9.69 Å². The first-order valence-corrected chi connectivity index (χ1v) is 16.0. The monoisotopic (exact) mass is 637 g/mol. The molecule has 1 saturated heterocycles. The number of Topliss-reactive ketones (excluding diaryl/α,β-unsaturated/α-hetero) is 1. The van der Waals surface area contributed by atoms with E-state index in [1.807, 2.05) is 0 Å². The number of sulfonamides is 1. The molecular weight excluding hydrogens is 598 g/mol. The summed E-state index contributed by atoms with van der Waals surface area (Å²) < 4.78 is 40.4. The van der Waals surface area contributed by atoms with Crippen molar-refractivity contribution in [1.29, 1.82) is 0 Å². The second kappa shape index (κ2) is 14.1. The summed E-state index contributed by atoms with van der Waals surface area (Å²) in [6.07, 6.45) is -2.22. The average Bonchev–Trinajstić information content (AvgIpc) is 3.00. The Kier molecular flexibility index (Phi) is 10.5. The van der Waals surface area contributed by atoms with Gasteiger partial charge in [0.1, 0.15) is 30.0 Å². The van der Waals surface area contributed by atoms with E-state index in [4.69, 9.17) is 9.47 Å². The summed E-state index contributed by atoms with van der Waals surface area (Å²) >= 11 is 0. The van der Waals surface area contributed by atoms with Crippen LogP contribution in [0, 0.1) is 6.92 Å². The molecule has 0 aromatic heterocycles. The van der Waals surface area contributed by atoms with Gasteiger partial charge in [0, 0.05) is 26.1 Å². The second-order valence-corrected chi connectivity index (χ2v) is 13.6. The molecule has 45 heavy (non-hydrogen) atoms. The Bertz CT molecular complexity index is 1600. The van der Waals surface area contributed by atoms with Crippen LogP contribution < -0.4 is 5.32 Å². The summed E-state index contributed by atoms with van der Waals surface area (Å²) in [5.74, 6) is -0.726. The molecule has 11 nitrogen and oxygen atoms in total. The summed E-state index contributed by atoms with van der Waals surface area (Å²) in [7, 11) is -4.68. The van der Waals surface area contributed by atoms with E-state index in [9.17, 15) is 27.9 Å². The van der Waals surface area contributed by atoms with Crippen LogP contribution in [0.15, 0.2) is 83.8 Å². The van der Waals surface area contributed by atoms with E-state index >= 15 is 0 Å². The highest BCUT2D eigenvalue weighted by Crippen LogP contribution is 2.28. The lowest BCUT2D eigenvalue weighted by Crippen LogP contribution is -2.62. The molecule has 1 aliphatic heterocycles. The molecule has 1 unspecified atom stereocenters. The van der Waals surface area contributed by atoms with E-state index in [0.29, 0.717) is 27.5 Å². The Morgan fingerprint density at radius 3 is 2.27 bits per heavy atom. The molecule has 2 amide bonds. The maximum absolute atomic E-state index is 14.6. The molecule has 0 radical (unpaired) electrons. The summed E-state index contributed by atoms with van der Waals surface area (Å²) in [5.41, 5.74) is 0.610. The minimum atomic E-state index is -4.68. The first-order valence-electron chi connectivity index (χ1n) is 14.6. The second-order valence-electron chi connectivity index (χ2n) is 11.8. The van der Waals surface area contributed by atoms with Gasteiger partial charge in [0.2, 0.25) is 0 Å². The number of phenolic OH excluding ortho intramolecular Hbond substituents is 1. The molecule has 0 saturated carbocycles. The van der Waals surface area contributed by atoms with Gasteiger partial charge in [-0.2, -0.15) is 4.31 Å². The number of hydrogen-bond acceptors (Lipinski definition) is 9. The summed E-state index contributed by atoms with van der Waals surface area (Å²) in [6, 6.07) is 18.0. The molecule has 12 heteroatoms. The maximum atomic E-state index is 14.6. The van der Waals surface area contributed by atoms with Crippen molar-refractivity contribution in [2.45, 2.75) is 63.3 Å². The fraction of sp³-hybridized carbons (Fsp3) is 0.364. The van der Waals surface area contributed by atoms with Gasteiger partial charge in [-0.25, -0.2) is 18.0 Å². The maximum Gasteiger partial charge on any atom is 0.424 e. The number of aromatic hydroxyl groups is 1. The summed E-state index contributed by atoms with van der Waals surface area (Å²) in [5, 5.41) is 13.0. The lowest BCUT2D eigenvalue weighted by atomic mass is 9.96. The number of ether oxygens (including phenoxy) is 2. The molecular formula is C33H39N3O8S. The zero-order valence-corrected chi connectivity index (χ0v) is 26.6. The molecule has 4 rings (SSSR count). The van der Waals surface area contributed by atoms with Crippen LogP contribution in [0.4, 0.5) is 9.59 Å². The molecule has 0 aliphatic carbocycles. The number of amides is 2. The lowest BCUT2D eigenvalue weighted by Gasteiger charge is -2.39. The molecule has 3 aromatic carbocycles. The van der Waals surface area contributed by atoms with Gasteiger partial charge in [0.05, 0.1) is 4.90 Å². The van der Waals surface area contributed by atoms with Crippen molar-refractivity contribution in [2.75, 3.05) is 19.6 Å². The molecule has 0 bridgehead atoms. The van der Waals surface area contributed by atoms with Gasteiger partial charge >= 0.3 is 12.2 Å². The first kappa shape index (κ1) is 33.5. The minimum Gasteiger partial charge on any atom is -0.508 e. The van der Waals surface area contributed by atoms with Crippen LogP contribution in [-0.4, -0.2) is 78.0 Å². The van der Waals surface area contributed by atoms with Crippen molar-refractivity contribution in [3.63, 3.8) is 0 Å². The van der Waals surface area contributed by atoms with Crippen LogP contribution in [-0.2, 0) is 37.3 Å². The number of phenols is 1. The van der Waals surface area contributed by atoms with Crippen molar-refractivity contribution < 1.29 is 37.4 Å². The number of carbonyl (C=O) groups is 3. The van der Waals surface area contributed by atoms with Gasteiger partial charge in [-0.1, -0.05) is 60.7 Å². The number of aryl methyl sites for hydroxylation is 1. The van der Waals surface area contributed by atoms with Crippen LogP contribution in [0.5, 0.6) is 5.75 Å². The van der Waals surface area contributed by atoms with Gasteiger partial charge in [0.15, 0.2) is 5.78 Å². The zero-order chi connectivity index (χ0) is 32.8. The minimum absolute atomic E-state index is 0.0153. The Balaban J connectivity index is 1.82. The van der Waals surface area contributed by atoms with Crippen LogP contribution in [0.2, 0.25) is 0 Å². The van der Waals surface area contributed by atoms with Gasteiger partial charge < -0.3 is 19.9 Å².